The van der Waals surface area contributed by atoms with Crippen LogP contribution in [0.5, 0.6) is 11.5 Å². The molecule has 4 bridgehead atoms. The number of aromatic hydroxyl groups is 2. The van der Waals surface area contributed by atoms with E-state index in [1.54, 1.807) is 0 Å². The Hall–Kier alpha value is -4.08. The summed E-state index contributed by atoms with van der Waals surface area (Å²) in [6, 6.07) is 5.14. The van der Waals surface area contributed by atoms with E-state index in [0.29, 0.717) is 11.1 Å². The SMILES string of the molecule is CC(=O)N(C)[C@@H]1C(=O)N[C@@H](C)C(=O)NC(C(=O)O)Cc2ccc(O)c(c2)-c2cc1ccc2O. The van der Waals surface area contributed by atoms with Crippen molar-refractivity contribution >= 4 is 23.7 Å². The van der Waals surface area contributed by atoms with Gasteiger partial charge in [0.05, 0.1) is 0 Å². The molecule has 174 valence electrons. The van der Waals surface area contributed by atoms with Crippen molar-refractivity contribution in [1.29, 1.82) is 0 Å². The number of phenols is 2. The summed E-state index contributed by atoms with van der Waals surface area (Å²) in [6.07, 6.45) is -0.0921. The highest BCUT2D eigenvalue weighted by molar-refractivity contribution is 5.94. The second-order valence-electron chi connectivity index (χ2n) is 7.99. The quantitative estimate of drug-likeness (QED) is 0.451. The van der Waals surface area contributed by atoms with Crippen LogP contribution in [0.4, 0.5) is 0 Å². The fourth-order valence-electron chi connectivity index (χ4n) is 3.69. The second-order valence-corrected chi connectivity index (χ2v) is 7.99. The van der Waals surface area contributed by atoms with Crippen molar-refractivity contribution < 1.29 is 34.5 Å². The van der Waals surface area contributed by atoms with Gasteiger partial charge in [0.25, 0.3) is 0 Å². The Balaban J connectivity index is 2.24. The monoisotopic (exact) mass is 455 g/mol. The molecule has 10 nitrogen and oxygen atoms in total. The molecule has 5 N–H and O–H groups in total. The number of nitrogens with zero attached hydrogens (tertiary/aromatic N) is 1. The van der Waals surface area contributed by atoms with Crippen molar-refractivity contribution in [3.8, 4) is 22.6 Å². The van der Waals surface area contributed by atoms with Gasteiger partial charge in [0.2, 0.25) is 17.7 Å². The molecule has 33 heavy (non-hydrogen) atoms. The number of amides is 3. The first-order chi connectivity index (χ1) is 15.5. The molecule has 1 heterocycles. The normalized spacial score (nSPS) is 20.8. The average molecular weight is 455 g/mol. The minimum Gasteiger partial charge on any atom is -0.507 e. The van der Waals surface area contributed by atoms with Crippen LogP contribution in [-0.4, -0.2) is 63.0 Å². The van der Waals surface area contributed by atoms with Gasteiger partial charge >= 0.3 is 5.97 Å². The zero-order valence-corrected chi connectivity index (χ0v) is 18.3. The van der Waals surface area contributed by atoms with E-state index in [1.807, 2.05) is 0 Å². The maximum Gasteiger partial charge on any atom is 0.326 e. The summed E-state index contributed by atoms with van der Waals surface area (Å²) < 4.78 is 0. The zero-order chi connectivity index (χ0) is 24.4. The predicted molar refractivity (Wildman–Crippen MR) is 117 cm³/mol. The van der Waals surface area contributed by atoms with E-state index < -0.39 is 41.8 Å². The van der Waals surface area contributed by atoms with Gasteiger partial charge in [0.1, 0.15) is 29.6 Å². The van der Waals surface area contributed by atoms with Crippen LogP contribution < -0.4 is 10.6 Å². The van der Waals surface area contributed by atoms with Gasteiger partial charge in [-0.2, -0.15) is 0 Å². The van der Waals surface area contributed by atoms with E-state index >= 15 is 0 Å². The molecule has 0 aliphatic carbocycles. The molecule has 3 atom stereocenters. The number of hydrogen-bond donors (Lipinski definition) is 5. The van der Waals surface area contributed by atoms with E-state index in [2.05, 4.69) is 10.6 Å². The van der Waals surface area contributed by atoms with Crippen LogP contribution in [0.1, 0.15) is 31.0 Å². The molecule has 2 aromatic carbocycles. The van der Waals surface area contributed by atoms with Crippen molar-refractivity contribution in [2.45, 2.75) is 38.4 Å². The fourth-order valence-corrected chi connectivity index (χ4v) is 3.69. The van der Waals surface area contributed by atoms with Crippen LogP contribution in [0.25, 0.3) is 11.1 Å². The van der Waals surface area contributed by atoms with Crippen LogP contribution in [0.2, 0.25) is 0 Å². The summed E-state index contributed by atoms with van der Waals surface area (Å²) >= 11 is 0. The first-order valence-electron chi connectivity index (χ1n) is 10.2. The predicted octanol–water partition coefficient (Wildman–Crippen LogP) is 0.914. The number of likely N-dealkylation sites (N-methyl/N-ethyl adjacent to an activating group) is 1. The lowest BCUT2D eigenvalue weighted by Crippen LogP contribution is -2.53. The maximum atomic E-state index is 13.1. The number of carboxylic acids is 1. The highest BCUT2D eigenvalue weighted by Crippen LogP contribution is 2.38. The van der Waals surface area contributed by atoms with Crippen LogP contribution in [0.3, 0.4) is 0 Å². The number of carbonyl (C=O) groups is 4. The van der Waals surface area contributed by atoms with Crippen LogP contribution in [0.15, 0.2) is 36.4 Å². The Morgan fingerprint density at radius 1 is 0.970 bits per heavy atom. The summed E-state index contributed by atoms with van der Waals surface area (Å²) in [7, 11) is 1.42. The molecule has 1 aliphatic heterocycles. The number of fused-ring (bicyclic) bond motifs is 5. The summed E-state index contributed by atoms with van der Waals surface area (Å²) in [5, 5.41) is 35.4. The second kappa shape index (κ2) is 9.19. The van der Waals surface area contributed by atoms with Crippen LogP contribution in [0, 0.1) is 0 Å². The lowest BCUT2D eigenvalue weighted by Gasteiger charge is -2.29. The molecular formula is C23H25N3O7. The molecule has 0 fully saturated rings. The van der Waals surface area contributed by atoms with Gasteiger partial charge in [-0.15, -0.1) is 0 Å². The number of rotatable bonds is 2. The first kappa shape index (κ1) is 23.6. The van der Waals surface area contributed by atoms with Crippen molar-refractivity contribution in [3.05, 3.63) is 47.5 Å². The number of aliphatic carboxylic acids is 1. The summed E-state index contributed by atoms with van der Waals surface area (Å²) in [6.45, 7) is 2.69. The van der Waals surface area contributed by atoms with Gasteiger partial charge in [-0.1, -0.05) is 12.1 Å². The highest BCUT2D eigenvalue weighted by atomic mass is 16.4. The smallest absolute Gasteiger partial charge is 0.326 e. The van der Waals surface area contributed by atoms with Gasteiger partial charge in [-0.3, -0.25) is 14.4 Å². The van der Waals surface area contributed by atoms with Crippen LogP contribution >= 0.6 is 0 Å². The minimum atomic E-state index is -1.30. The van der Waals surface area contributed by atoms with Gasteiger partial charge in [0, 0.05) is 31.5 Å². The Morgan fingerprint density at radius 3 is 2.18 bits per heavy atom. The van der Waals surface area contributed by atoms with Gasteiger partial charge in [-0.25, -0.2) is 4.79 Å². The van der Waals surface area contributed by atoms with Gasteiger partial charge in [-0.05, 0) is 42.3 Å². The molecule has 10 heteroatoms. The number of benzene rings is 2. The van der Waals surface area contributed by atoms with Crippen molar-refractivity contribution in [3.63, 3.8) is 0 Å². The molecule has 2 aromatic rings. The minimum absolute atomic E-state index is 0.0921. The number of hydrogen-bond acceptors (Lipinski definition) is 6. The molecule has 1 unspecified atom stereocenters. The largest absolute Gasteiger partial charge is 0.507 e. The molecular weight excluding hydrogens is 430 g/mol. The van der Waals surface area contributed by atoms with Gasteiger partial charge in [0.15, 0.2) is 0 Å². The Labute approximate surface area is 189 Å². The number of carboxylic acid groups (broad SMARTS) is 1. The number of phenolic OH excluding ortho intramolecular Hbond substituents is 2. The molecule has 0 saturated carbocycles. The molecule has 0 aromatic heterocycles. The number of carbonyl (C=O) groups excluding carboxylic acids is 3. The summed E-state index contributed by atoms with van der Waals surface area (Å²) in [5.74, 6) is -3.43. The highest BCUT2D eigenvalue weighted by Gasteiger charge is 2.32. The van der Waals surface area contributed by atoms with E-state index in [4.69, 9.17) is 0 Å². The van der Waals surface area contributed by atoms with E-state index in [9.17, 15) is 34.5 Å². The van der Waals surface area contributed by atoms with E-state index in [0.717, 1.165) is 0 Å². The third-order valence-corrected chi connectivity index (χ3v) is 5.63. The maximum absolute atomic E-state index is 13.1. The average Bonchev–Trinajstić information content (AvgIpc) is 2.74. The van der Waals surface area contributed by atoms with Gasteiger partial charge < -0.3 is 30.9 Å². The lowest BCUT2D eigenvalue weighted by atomic mass is 9.94. The topological polar surface area (TPSA) is 156 Å². The Bertz CT molecular complexity index is 1130. The Kier molecular flexibility index (Phi) is 6.57. The molecule has 3 amide bonds. The Morgan fingerprint density at radius 2 is 1.58 bits per heavy atom. The molecule has 1 aliphatic rings. The fraction of sp³-hybridized carbons (Fsp3) is 0.304. The molecule has 0 radical (unpaired) electrons. The van der Waals surface area contributed by atoms with Crippen LogP contribution in [-0.2, 0) is 25.6 Å². The van der Waals surface area contributed by atoms with E-state index in [1.165, 1.54) is 62.2 Å². The zero-order valence-electron chi connectivity index (χ0n) is 18.3. The summed E-state index contributed by atoms with van der Waals surface area (Å²) in [5.41, 5.74) is 1.24. The molecule has 3 rings (SSSR count). The van der Waals surface area contributed by atoms with Crippen molar-refractivity contribution in [1.82, 2.24) is 15.5 Å². The third-order valence-electron chi connectivity index (χ3n) is 5.63. The van der Waals surface area contributed by atoms with Crippen molar-refractivity contribution in [2.75, 3.05) is 7.05 Å². The molecule has 0 spiro atoms. The third kappa shape index (κ3) is 4.89. The van der Waals surface area contributed by atoms with E-state index in [-0.39, 0.29) is 29.0 Å². The standard InChI is InChI=1S/C23H25N3O7/c1-11-21(30)25-17(23(32)33)9-13-4-6-18(28)15(8-13)16-10-14(5-7-19(16)29)20(22(31)24-11)26(3)12(2)27/h4-8,10-11,17,20,28-29H,9H2,1-3H3,(H,24,31)(H,25,30)(H,32,33)/t11-,17?,20-/m0/s1. The first-order valence-corrected chi connectivity index (χ1v) is 10.2. The summed E-state index contributed by atoms with van der Waals surface area (Å²) in [4.78, 5) is 50.8. The lowest BCUT2D eigenvalue weighted by molar-refractivity contribution is -0.142. The van der Waals surface area contributed by atoms with Crippen molar-refractivity contribution in [2.24, 2.45) is 0 Å². The number of nitrogens with one attached hydrogen (secondary N) is 2. The molecule has 0 saturated heterocycles.